The highest BCUT2D eigenvalue weighted by atomic mass is 32.2. The van der Waals surface area contributed by atoms with Gasteiger partial charge in [0.1, 0.15) is 0 Å². The molecule has 1 N–H and O–H groups in total. The molecule has 4 rings (SSSR count). The lowest BCUT2D eigenvalue weighted by molar-refractivity contribution is -0.00144. The predicted octanol–water partition coefficient (Wildman–Crippen LogP) is 1.34. The average Bonchev–Trinajstić information content (AvgIpc) is 3.22. The van der Waals surface area contributed by atoms with Gasteiger partial charge >= 0.3 is 0 Å². The summed E-state index contributed by atoms with van der Waals surface area (Å²) >= 11 is 0. The van der Waals surface area contributed by atoms with Crippen LogP contribution in [0.4, 0.5) is 0 Å². The van der Waals surface area contributed by atoms with Crippen LogP contribution in [-0.2, 0) is 15.6 Å². The second-order valence-corrected chi connectivity index (χ2v) is 10.2. The van der Waals surface area contributed by atoms with E-state index in [9.17, 15) is 13.5 Å². The molecule has 1 spiro atoms. The molecule has 0 radical (unpaired) electrons. The Bertz CT molecular complexity index is 766. The lowest BCUT2D eigenvalue weighted by atomic mass is 9.72. The predicted molar refractivity (Wildman–Crippen MR) is 101 cm³/mol. The first-order valence-corrected chi connectivity index (χ1v) is 11.0. The third kappa shape index (κ3) is 2.64. The Morgan fingerprint density at radius 1 is 1.08 bits per heavy atom. The number of likely N-dealkylation sites (tertiary alicyclic amines) is 1. The molecule has 0 amide bonds. The van der Waals surface area contributed by atoms with Gasteiger partial charge in [-0.2, -0.15) is 17.0 Å². The van der Waals surface area contributed by atoms with Crippen LogP contribution in [0.5, 0.6) is 0 Å². The molecule has 1 aliphatic carbocycles. The van der Waals surface area contributed by atoms with Crippen molar-refractivity contribution in [2.75, 3.05) is 40.3 Å². The van der Waals surface area contributed by atoms with E-state index in [1.807, 2.05) is 6.07 Å². The standard InChI is InChI=1S/C19H29N3O3S/c1-20(2)26(24,25)22-13-9-19(10-14-22)16-8-4-3-7-15(16)17(18(19)23)21-11-5-6-12-21/h3-4,7-8,17-18,23H,5-6,9-14H2,1-2H3/t17-,18+/m1/s1. The molecule has 1 aromatic carbocycles. The van der Waals surface area contributed by atoms with Crippen LogP contribution < -0.4 is 0 Å². The topological polar surface area (TPSA) is 64.1 Å². The Hall–Kier alpha value is -0.990. The minimum absolute atomic E-state index is 0.0469. The van der Waals surface area contributed by atoms with Crippen molar-refractivity contribution in [2.45, 2.75) is 43.2 Å². The molecule has 0 unspecified atom stereocenters. The molecule has 2 aliphatic heterocycles. The van der Waals surface area contributed by atoms with Crippen molar-refractivity contribution in [3.05, 3.63) is 35.4 Å². The molecule has 2 saturated heterocycles. The number of piperidine rings is 1. The molecule has 6 nitrogen and oxygen atoms in total. The van der Waals surface area contributed by atoms with Crippen LogP contribution in [0.15, 0.2) is 24.3 Å². The fourth-order valence-electron chi connectivity index (χ4n) is 5.17. The highest BCUT2D eigenvalue weighted by molar-refractivity contribution is 7.86. The smallest absolute Gasteiger partial charge is 0.281 e. The molecule has 1 aromatic rings. The maximum absolute atomic E-state index is 12.5. The van der Waals surface area contributed by atoms with E-state index >= 15 is 0 Å². The lowest BCUT2D eigenvalue weighted by Crippen LogP contribution is -2.52. The van der Waals surface area contributed by atoms with Crippen molar-refractivity contribution in [1.29, 1.82) is 0 Å². The number of fused-ring (bicyclic) bond motifs is 2. The van der Waals surface area contributed by atoms with Gasteiger partial charge in [-0.3, -0.25) is 4.90 Å². The van der Waals surface area contributed by atoms with E-state index in [2.05, 4.69) is 23.1 Å². The maximum Gasteiger partial charge on any atom is 0.281 e. The van der Waals surface area contributed by atoms with E-state index < -0.39 is 16.3 Å². The van der Waals surface area contributed by atoms with Crippen molar-refractivity contribution in [2.24, 2.45) is 0 Å². The van der Waals surface area contributed by atoms with Gasteiger partial charge in [-0.05, 0) is 49.9 Å². The summed E-state index contributed by atoms with van der Waals surface area (Å²) in [6.07, 6.45) is 3.24. The zero-order valence-electron chi connectivity index (χ0n) is 15.6. The van der Waals surface area contributed by atoms with Crippen LogP contribution in [0.25, 0.3) is 0 Å². The van der Waals surface area contributed by atoms with Gasteiger partial charge in [-0.25, -0.2) is 0 Å². The van der Waals surface area contributed by atoms with Gasteiger partial charge in [-0.15, -0.1) is 0 Å². The Labute approximate surface area is 156 Å². The molecule has 2 fully saturated rings. The Balaban J connectivity index is 1.65. The fraction of sp³-hybridized carbons (Fsp3) is 0.684. The van der Waals surface area contributed by atoms with Gasteiger partial charge in [0, 0.05) is 32.6 Å². The minimum atomic E-state index is -3.40. The summed E-state index contributed by atoms with van der Waals surface area (Å²) in [7, 11) is -0.251. The monoisotopic (exact) mass is 379 g/mol. The normalized spacial score (nSPS) is 29.5. The third-order valence-electron chi connectivity index (χ3n) is 6.62. The summed E-state index contributed by atoms with van der Waals surface area (Å²) in [5, 5.41) is 11.4. The number of aliphatic hydroxyl groups excluding tert-OH is 1. The van der Waals surface area contributed by atoms with Crippen LogP contribution >= 0.6 is 0 Å². The van der Waals surface area contributed by atoms with Crippen molar-refractivity contribution < 1.29 is 13.5 Å². The Kier molecular flexibility index (Phi) is 4.64. The van der Waals surface area contributed by atoms with Crippen LogP contribution in [0.2, 0.25) is 0 Å². The van der Waals surface area contributed by atoms with E-state index in [4.69, 9.17) is 0 Å². The number of nitrogens with zero attached hydrogens (tertiary/aromatic N) is 3. The van der Waals surface area contributed by atoms with Gasteiger partial charge in [0.25, 0.3) is 10.2 Å². The molecule has 2 atom stereocenters. The quantitative estimate of drug-likeness (QED) is 0.861. The van der Waals surface area contributed by atoms with E-state index in [0.29, 0.717) is 25.9 Å². The largest absolute Gasteiger partial charge is 0.390 e. The number of rotatable bonds is 3. The molecule has 0 saturated carbocycles. The van der Waals surface area contributed by atoms with Crippen LogP contribution in [0.1, 0.15) is 42.9 Å². The molecule has 144 valence electrons. The van der Waals surface area contributed by atoms with Crippen LogP contribution in [0.3, 0.4) is 0 Å². The van der Waals surface area contributed by atoms with E-state index in [1.54, 1.807) is 18.4 Å². The van der Waals surface area contributed by atoms with Crippen molar-refractivity contribution in [3.63, 3.8) is 0 Å². The zero-order chi connectivity index (χ0) is 18.5. The van der Waals surface area contributed by atoms with Gasteiger partial charge in [-0.1, -0.05) is 24.3 Å². The first-order valence-electron chi connectivity index (χ1n) is 9.57. The van der Waals surface area contributed by atoms with Gasteiger partial charge < -0.3 is 5.11 Å². The highest BCUT2D eigenvalue weighted by Gasteiger charge is 2.55. The second-order valence-electron chi connectivity index (χ2n) is 8.07. The van der Waals surface area contributed by atoms with Gasteiger partial charge in [0.05, 0.1) is 12.1 Å². The summed E-state index contributed by atoms with van der Waals surface area (Å²) in [5.41, 5.74) is 2.14. The van der Waals surface area contributed by atoms with Crippen molar-refractivity contribution >= 4 is 10.2 Å². The summed E-state index contributed by atoms with van der Waals surface area (Å²) in [4.78, 5) is 2.42. The average molecular weight is 380 g/mol. The van der Waals surface area contributed by atoms with E-state index in [1.165, 1.54) is 28.3 Å². The molecule has 3 aliphatic rings. The number of aliphatic hydroxyl groups is 1. The third-order valence-corrected chi connectivity index (χ3v) is 8.56. The zero-order valence-corrected chi connectivity index (χ0v) is 16.5. The van der Waals surface area contributed by atoms with Crippen molar-refractivity contribution in [3.8, 4) is 0 Å². The molecular formula is C19H29N3O3S. The molecular weight excluding hydrogens is 350 g/mol. The number of hydrogen-bond donors (Lipinski definition) is 1. The summed E-state index contributed by atoms with van der Waals surface area (Å²) < 4.78 is 27.8. The maximum atomic E-state index is 12.5. The fourth-order valence-corrected chi connectivity index (χ4v) is 6.27. The van der Waals surface area contributed by atoms with Crippen molar-refractivity contribution in [1.82, 2.24) is 13.5 Å². The minimum Gasteiger partial charge on any atom is -0.390 e. The van der Waals surface area contributed by atoms with E-state index in [-0.39, 0.29) is 11.5 Å². The Morgan fingerprint density at radius 2 is 1.69 bits per heavy atom. The molecule has 0 bridgehead atoms. The lowest BCUT2D eigenvalue weighted by Gasteiger charge is -2.43. The summed E-state index contributed by atoms with van der Waals surface area (Å²) in [5.74, 6) is 0. The molecule has 7 heteroatoms. The molecule has 26 heavy (non-hydrogen) atoms. The first-order chi connectivity index (χ1) is 12.4. The van der Waals surface area contributed by atoms with Crippen LogP contribution in [0, 0.1) is 0 Å². The number of hydrogen-bond acceptors (Lipinski definition) is 4. The first kappa shape index (κ1) is 18.4. The second kappa shape index (κ2) is 6.56. The molecule has 0 aromatic heterocycles. The highest BCUT2D eigenvalue weighted by Crippen LogP contribution is 2.53. The van der Waals surface area contributed by atoms with Gasteiger partial charge in [0.2, 0.25) is 0 Å². The molecule has 2 heterocycles. The summed E-state index contributed by atoms with van der Waals surface area (Å²) in [6, 6.07) is 8.44. The number of benzene rings is 1. The van der Waals surface area contributed by atoms with Crippen LogP contribution in [-0.4, -0.2) is 73.4 Å². The SMILES string of the molecule is CN(C)S(=O)(=O)N1CCC2(CC1)c1ccccc1[C@@H](N1CCCC1)[C@@H]2O. The van der Waals surface area contributed by atoms with Gasteiger partial charge in [0.15, 0.2) is 0 Å². The Morgan fingerprint density at radius 3 is 2.31 bits per heavy atom. The van der Waals surface area contributed by atoms with E-state index in [0.717, 1.165) is 13.1 Å². The summed E-state index contributed by atoms with van der Waals surface area (Å²) in [6.45, 7) is 2.98.